The largest absolute Gasteiger partial charge is 0.290 e. The smallest absolute Gasteiger partial charge is 0.238 e. The minimum atomic E-state index is -3.85. The number of primary sulfonamides is 1. The van der Waals surface area contributed by atoms with E-state index in [1.807, 2.05) is 53.1 Å². The normalized spacial score (nSPS) is 13.0. The first kappa shape index (κ1) is 16.8. The Kier molecular flexibility index (Phi) is 3.64. The van der Waals surface area contributed by atoms with Crippen LogP contribution in [0.4, 0.5) is 0 Å². The molecule has 1 aliphatic rings. The fraction of sp³-hybridized carbons (Fsp3) is 0. The van der Waals surface area contributed by atoms with Crippen molar-refractivity contribution in [2.75, 3.05) is 0 Å². The van der Waals surface area contributed by atoms with E-state index in [1.165, 1.54) is 17.8 Å². The molecular weight excluding hydrogens is 402 g/mol. The van der Waals surface area contributed by atoms with E-state index < -0.39 is 10.0 Å². The van der Waals surface area contributed by atoms with Crippen molar-refractivity contribution in [2.24, 2.45) is 5.14 Å². The van der Waals surface area contributed by atoms with Crippen LogP contribution < -0.4 is 5.14 Å². The summed E-state index contributed by atoms with van der Waals surface area (Å²) in [5.74, 6) is 0.663. The quantitative estimate of drug-likeness (QED) is 0.463. The molecule has 134 valence electrons. The molecule has 0 aliphatic carbocycles. The second-order valence-electron chi connectivity index (χ2n) is 6.15. The molecule has 3 aromatic carbocycles. The van der Waals surface area contributed by atoms with Gasteiger partial charge in [0.05, 0.1) is 26.6 Å². The minimum absolute atomic E-state index is 0.0484. The summed E-state index contributed by atoms with van der Waals surface area (Å²) in [6.07, 6.45) is 0. The molecule has 2 N–H and O–H groups in total. The molecule has 0 fully saturated rings. The Bertz CT molecular complexity index is 1350. The van der Waals surface area contributed by atoms with Crippen molar-refractivity contribution in [3.8, 4) is 17.1 Å². The molecule has 5 rings (SSSR count). The molecule has 4 aromatic rings. The van der Waals surface area contributed by atoms with Gasteiger partial charge in [-0.2, -0.15) is 0 Å². The SMILES string of the molecule is NS(=O)(=O)c1cc2c3c(c1)nc(-c1ccccc1Cl)n3-c1ccccc1S2. The zero-order valence-electron chi connectivity index (χ0n) is 13.8. The highest BCUT2D eigenvalue weighted by molar-refractivity contribution is 7.99. The summed E-state index contributed by atoms with van der Waals surface area (Å²) < 4.78 is 25.9. The van der Waals surface area contributed by atoms with Crippen molar-refractivity contribution >= 4 is 44.4 Å². The van der Waals surface area contributed by atoms with E-state index in [0.29, 0.717) is 16.4 Å². The number of para-hydroxylation sites is 1. The van der Waals surface area contributed by atoms with E-state index in [1.54, 1.807) is 6.07 Å². The first-order valence-electron chi connectivity index (χ1n) is 8.05. The van der Waals surface area contributed by atoms with Crippen LogP contribution in [0.2, 0.25) is 5.02 Å². The lowest BCUT2D eigenvalue weighted by atomic mass is 10.2. The minimum Gasteiger partial charge on any atom is -0.290 e. The predicted octanol–water partition coefficient (Wildman–Crippen LogP) is 4.46. The van der Waals surface area contributed by atoms with Gasteiger partial charge in [-0.05, 0) is 36.4 Å². The molecule has 0 saturated heterocycles. The van der Waals surface area contributed by atoms with Crippen molar-refractivity contribution in [3.05, 3.63) is 65.7 Å². The molecular formula is C19H12ClN3O2S2. The first-order valence-corrected chi connectivity index (χ1v) is 10.8. The summed E-state index contributed by atoms with van der Waals surface area (Å²) in [5.41, 5.74) is 3.17. The van der Waals surface area contributed by atoms with Crippen LogP contribution in [-0.2, 0) is 10.0 Å². The Hall–Kier alpha value is -2.32. The van der Waals surface area contributed by atoms with E-state index >= 15 is 0 Å². The number of imidazole rings is 1. The van der Waals surface area contributed by atoms with Gasteiger partial charge in [0.15, 0.2) is 0 Å². The number of nitrogens with zero attached hydrogens (tertiary/aromatic N) is 2. The van der Waals surface area contributed by atoms with Crippen molar-refractivity contribution in [2.45, 2.75) is 14.7 Å². The van der Waals surface area contributed by atoms with Gasteiger partial charge < -0.3 is 0 Å². The number of nitrogens with two attached hydrogens (primary N) is 1. The number of benzene rings is 3. The second-order valence-corrected chi connectivity index (χ2v) is 9.21. The molecule has 0 atom stereocenters. The number of hydrogen-bond acceptors (Lipinski definition) is 4. The fourth-order valence-corrected chi connectivity index (χ4v) is 5.27. The first-order chi connectivity index (χ1) is 12.9. The number of fused-ring (bicyclic) bond motifs is 2. The van der Waals surface area contributed by atoms with Crippen LogP contribution in [0.5, 0.6) is 0 Å². The third kappa shape index (κ3) is 2.58. The van der Waals surface area contributed by atoms with Crippen LogP contribution in [0.1, 0.15) is 0 Å². The third-order valence-corrected chi connectivity index (χ3v) is 6.78. The van der Waals surface area contributed by atoms with E-state index in [9.17, 15) is 8.42 Å². The molecule has 1 aromatic heterocycles. The van der Waals surface area contributed by atoms with Gasteiger partial charge in [0.1, 0.15) is 5.82 Å². The van der Waals surface area contributed by atoms with Crippen LogP contribution >= 0.6 is 23.4 Å². The Balaban J connectivity index is 1.95. The second kappa shape index (κ2) is 5.84. The average molecular weight is 414 g/mol. The van der Waals surface area contributed by atoms with Crippen LogP contribution in [0.15, 0.2) is 75.4 Å². The van der Waals surface area contributed by atoms with Gasteiger partial charge in [-0.25, -0.2) is 18.5 Å². The Morgan fingerprint density at radius 1 is 1.00 bits per heavy atom. The Morgan fingerprint density at radius 2 is 1.74 bits per heavy atom. The third-order valence-electron chi connectivity index (χ3n) is 4.46. The molecule has 8 heteroatoms. The summed E-state index contributed by atoms with van der Waals surface area (Å²) in [5, 5.41) is 5.95. The summed E-state index contributed by atoms with van der Waals surface area (Å²) in [6.45, 7) is 0. The van der Waals surface area contributed by atoms with Gasteiger partial charge in [-0.15, -0.1) is 0 Å². The zero-order chi connectivity index (χ0) is 18.8. The molecule has 0 unspecified atom stereocenters. The molecule has 0 radical (unpaired) electrons. The van der Waals surface area contributed by atoms with E-state index in [2.05, 4.69) is 0 Å². The molecule has 1 aliphatic heterocycles. The fourth-order valence-electron chi connectivity index (χ4n) is 3.30. The maximum atomic E-state index is 11.9. The molecule has 0 saturated carbocycles. The number of rotatable bonds is 2. The van der Waals surface area contributed by atoms with Gasteiger partial charge in [-0.3, -0.25) is 4.57 Å². The average Bonchev–Trinajstić information content (AvgIpc) is 3.02. The highest BCUT2D eigenvalue weighted by Crippen LogP contribution is 2.46. The van der Waals surface area contributed by atoms with E-state index in [4.69, 9.17) is 21.7 Å². The molecule has 5 nitrogen and oxygen atoms in total. The molecule has 0 bridgehead atoms. The van der Waals surface area contributed by atoms with Crippen LogP contribution in [0, 0.1) is 0 Å². The summed E-state index contributed by atoms with van der Waals surface area (Å²) in [4.78, 5) is 6.58. The van der Waals surface area contributed by atoms with Crippen molar-refractivity contribution in [1.29, 1.82) is 0 Å². The van der Waals surface area contributed by atoms with Crippen LogP contribution in [0.3, 0.4) is 0 Å². The van der Waals surface area contributed by atoms with Crippen LogP contribution in [-0.4, -0.2) is 18.0 Å². The van der Waals surface area contributed by atoms with Gasteiger partial charge in [0.2, 0.25) is 10.0 Å². The Labute approximate surface area is 164 Å². The van der Waals surface area contributed by atoms with Crippen molar-refractivity contribution in [1.82, 2.24) is 9.55 Å². The maximum Gasteiger partial charge on any atom is 0.238 e. The summed E-state index contributed by atoms with van der Waals surface area (Å²) in [6, 6.07) is 18.5. The van der Waals surface area contributed by atoms with Gasteiger partial charge in [-0.1, -0.05) is 47.6 Å². The summed E-state index contributed by atoms with van der Waals surface area (Å²) >= 11 is 7.93. The molecule has 2 heterocycles. The van der Waals surface area contributed by atoms with Crippen molar-refractivity contribution < 1.29 is 8.42 Å². The molecule has 0 spiro atoms. The lowest BCUT2D eigenvalue weighted by Gasteiger charge is -2.20. The van der Waals surface area contributed by atoms with E-state index in [0.717, 1.165) is 26.6 Å². The lowest BCUT2D eigenvalue weighted by molar-refractivity contribution is 0.597. The number of aromatic nitrogens is 2. The molecule has 0 amide bonds. The highest BCUT2D eigenvalue weighted by Gasteiger charge is 2.26. The Morgan fingerprint density at radius 3 is 2.52 bits per heavy atom. The number of hydrogen-bond donors (Lipinski definition) is 1. The van der Waals surface area contributed by atoms with Crippen molar-refractivity contribution in [3.63, 3.8) is 0 Å². The number of sulfonamides is 1. The van der Waals surface area contributed by atoms with E-state index in [-0.39, 0.29) is 4.90 Å². The van der Waals surface area contributed by atoms with Gasteiger partial charge >= 0.3 is 0 Å². The van der Waals surface area contributed by atoms with Gasteiger partial charge in [0, 0.05) is 15.4 Å². The maximum absolute atomic E-state index is 11.9. The zero-order valence-corrected chi connectivity index (χ0v) is 16.1. The standard InChI is InChI=1S/C19H12ClN3O2S2/c20-13-6-2-1-5-12(13)19-22-14-9-11(27(21,24)25)10-17-18(14)23(19)15-7-3-4-8-16(15)26-17/h1-10H,(H2,21,24,25). The van der Waals surface area contributed by atoms with Crippen LogP contribution in [0.25, 0.3) is 28.1 Å². The topological polar surface area (TPSA) is 78.0 Å². The number of halogens is 1. The van der Waals surface area contributed by atoms with Gasteiger partial charge in [0.25, 0.3) is 0 Å². The predicted molar refractivity (Wildman–Crippen MR) is 107 cm³/mol. The monoisotopic (exact) mass is 413 g/mol. The highest BCUT2D eigenvalue weighted by atomic mass is 35.5. The molecule has 27 heavy (non-hydrogen) atoms. The summed E-state index contributed by atoms with van der Waals surface area (Å²) in [7, 11) is -3.85. The lowest BCUT2D eigenvalue weighted by Crippen LogP contribution is -2.12.